The molecule has 5 nitrogen and oxygen atoms in total. The number of aliphatic hydroxyl groups is 1. The molecule has 0 bridgehead atoms. The fourth-order valence-corrected chi connectivity index (χ4v) is 4.28. The Morgan fingerprint density at radius 1 is 1.26 bits per heavy atom. The summed E-state index contributed by atoms with van der Waals surface area (Å²) in [5.74, 6) is 0. The van der Waals surface area contributed by atoms with Gasteiger partial charge in [0.05, 0.1) is 6.35 Å². The lowest BCUT2D eigenvalue weighted by molar-refractivity contribution is 0.352. The maximum atomic E-state index is 11.5. The second kappa shape index (κ2) is 8.89. The van der Waals surface area contributed by atoms with Crippen LogP contribution in [0, 0.1) is 0 Å². The van der Waals surface area contributed by atoms with E-state index in [1.807, 2.05) is 20.8 Å². The van der Waals surface area contributed by atoms with Gasteiger partial charge in [0.15, 0.2) is 0 Å². The van der Waals surface area contributed by atoms with Crippen molar-refractivity contribution in [1.29, 1.82) is 0 Å². The molecule has 0 saturated carbocycles. The van der Waals surface area contributed by atoms with Crippen LogP contribution in [0.5, 0.6) is 0 Å². The molecule has 0 aromatic heterocycles. The van der Waals surface area contributed by atoms with E-state index in [1.54, 1.807) is 6.08 Å². The van der Waals surface area contributed by atoms with Crippen LogP contribution in [0.3, 0.4) is 0 Å². The topological polar surface area (TPSA) is 94.8 Å². The van der Waals surface area contributed by atoms with Crippen LogP contribution < -0.4 is 0 Å². The Morgan fingerprint density at radius 2 is 1.84 bits per heavy atom. The predicted octanol–water partition coefficient (Wildman–Crippen LogP) is 3.08. The lowest BCUT2D eigenvalue weighted by Gasteiger charge is -2.15. The molecule has 0 amide bonds. The van der Waals surface area contributed by atoms with Gasteiger partial charge in [-0.15, -0.1) is 0 Å². The molecule has 0 heterocycles. The summed E-state index contributed by atoms with van der Waals surface area (Å²) in [6, 6.07) is 0. The molecule has 3 N–H and O–H groups in total. The molecule has 0 fully saturated rings. The van der Waals surface area contributed by atoms with Gasteiger partial charge in [0, 0.05) is 0 Å². The SMILES string of the molecule is CC(C)=CCCC(C)=CCC([PH](=O)CO)P(=O)(O)O. The lowest BCUT2D eigenvalue weighted by Crippen LogP contribution is -2.04. The van der Waals surface area contributed by atoms with E-state index in [9.17, 15) is 9.13 Å². The van der Waals surface area contributed by atoms with Gasteiger partial charge in [0.2, 0.25) is 0 Å². The van der Waals surface area contributed by atoms with Crippen LogP contribution in [0.25, 0.3) is 0 Å². The standard InChI is InChI=1S/C12H24O5P2/c1-10(2)5-4-6-11(3)7-8-12(18(14)9-13)19(15,16)17/h5,7,12-13,18H,4,6,8-9H2,1-3H3,(H2,15,16,17). The smallest absolute Gasteiger partial charge is 0.336 e. The van der Waals surface area contributed by atoms with E-state index in [2.05, 4.69) is 6.08 Å². The molecule has 0 aromatic rings. The van der Waals surface area contributed by atoms with E-state index in [-0.39, 0.29) is 6.42 Å². The molecule has 0 saturated heterocycles. The minimum Gasteiger partial charge on any atom is -0.389 e. The number of aliphatic hydroxyl groups excluding tert-OH is 1. The van der Waals surface area contributed by atoms with Crippen LogP contribution in [0.4, 0.5) is 0 Å². The maximum absolute atomic E-state index is 11.5. The van der Waals surface area contributed by atoms with E-state index in [4.69, 9.17) is 14.9 Å². The molecule has 0 aliphatic heterocycles. The molecule has 0 aliphatic carbocycles. The van der Waals surface area contributed by atoms with E-state index in [0.717, 1.165) is 18.4 Å². The van der Waals surface area contributed by atoms with Gasteiger partial charge in [-0.05, 0) is 40.0 Å². The van der Waals surface area contributed by atoms with Gasteiger partial charge in [0.25, 0.3) is 0 Å². The van der Waals surface area contributed by atoms with Crippen LogP contribution in [0.1, 0.15) is 40.0 Å². The quantitative estimate of drug-likeness (QED) is 0.473. The number of rotatable bonds is 8. The molecule has 0 spiro atoms. The molecule has 112 valence electrons. The van der Waals surface area contributed by atoms with Crippen LogP contribution in [-0.4, -0.2) is 26.6 Å². The molecule has 2 unspecified atom stereocenters. The third kappa shape index (κ3) is 8.56. The lowest BCUT2D eigenvalue weighted by atomic mass is 10.1. The number of hydrogen-bond donors (Lipinski definition) is 3. The zero-order chi connectivity index (χ0) is 15.1. The van der Waals surface area contributed by atoms with Crippen molar-refractivity contribution in [3.05, 3.63) is 23.3 Å². The zero-order valence-corrected chi connectivity index (χ0v) is 13.6. The van der Waals surface area contributed by atoms with Crippen LogP contribution in [-0.2, 0) is 9.13 Å². The first kappa shape index (κ1) is 18.8. The first-order valence-electron chi connectivity index (χ1n) is 6.16. The average Bonchev–Trinajstić information content (AvgIpc) is 2.26. The Labute approximate surface area is 115 Å². The molecule has 0 aliphatic rings. The van der Waals surface area contributed by atoms with Gasteiger partial charge in [-0.25, -0.2) is 0 Å². The Hall–Kier alpha value is -0.180. The minimum absolute atomic E-state index is 0.0449. The highest BCUT2D eigenvalue weighted by Crippen LogP contribution is 2.54. The number of hydrogen-bond acceptors (Lipinski definition) is 3. The Balaban J connectivity index is 4.58. The van der Waals surface area contributed by atoms with E-state index in [1.165, 1.54) is 5.57 Å². The summed E-state index contributed by atoms with van der Waals surface area (Å²) in [5, 5.41) is 7.55. The molecule has 0 rings (SSSR count). The highest BCUT2D eigenvalue weighted by molar-refractivity contribution is 7.67. The van der Waals surface area contributed by atoms with Crippen molar-refractivity contribution in [2.75, 3.05) is 6.35 Å². The van der Waals surface area contributed by atoms with Crippen molar-refractivity contribution in [2.45, 2.75) is 45.4 Å². The Kier molecular flexibility index (Phi) is 8.80. The van der Waals surface area contributed by atoms with Crippen molar-refractivity contribution in [2.24, 2.45) is 0 Å². The average molecular weight is 310 g/mol. The van der Waals surface area contributed by atoms with Crippen molar-refractivity contribution in [1.82, 2.24) is 0 Å². The van der Waals surface area contributed by atoms with Crippen molar-refractivity contribution >= 4 is 15.4 Å². The Bertz CT molecular complexity index is 404. The second-order valence-electron chi connectivity index (χ2n) is 4.84. The first-order valence-corrected chi connectivity index (χ1v) is 9.53. The van der Waals surface area contributed by atoms with E-state index >= 15 is 0 Å². The van der Waals surface area contributed by atoms with Crippen molar-refractivity contribution in [3.8, 4) is 0 Å². The number of allylic oxidation sites excluding steroid dienone is 4. The highest BCUT2D eigenvalue weighted by Gasteiger charge is 2.32. The predicted molar refractivity (Wildman–Crippen MR) is 79.0 cm³/mol. The summed E-state index contributed by atoms with van der Waals surface area (Å²) in [4.78, 5) is 18.3. The van der Waals surface area contributed by atoms with Gasteiger partial charge >= 0.3 is 7.60 Å². The fourth-order valence-electron chi connectivity index (χ4n) is 1.57. The summed E-state index contributed by atoms with van der Waals surface area (Å²) in [7, 11) is -7.10. The summed E-state index contributed by atoms with van der Waals surface area (Å²) >= 11 is 0. The molecular weight excluding hydrogens is 286 g/mol. The molecule has 2 atom stereocenters. The van der Waals surface area contributed by atoms with E-state index < -0.39 is 27.1 Å². The highest BCUT2D eigenvalue weighted by atomic mass is 31.2. The molecule has 7 heteroatoms. The van der Waals surface area contributed by atoms with Crippen molar-refractivity contribution in [3.63, 3.8) is 0 Å². The molecule has 0 aromatic carbocycles. The van der Waals surface area contributed by atoms with Crippen molar-refractivity contribution < 1.29 is 24.0 Å². The summed E-state index contributed by atoms with van der Waals surface area (Å²) in [5.41, 5.74) is 2.23. The maximum Gasteiger partial charge on any atom is 0.336 e. The zero-order valence-electron chi connectivity index (χ0n) is 11.7. The third-order valence-electron chi connectivity index (χ3n) is 2.71. The summed E-state index contributed by atoms with van der Waals surface area (Å²) in [6.45, 7) is 5.90. The van der Waals surface area contributed by atoms with Gasteiger partial charge in [-0.3, -0.25) is 4.57 Å². The van der Waals surface area contributed by atoms with Gasteiger partial charge in [-0.2, -0.15) is 0 Å². The van der Waals surface area contributed by atoms with E-state index in [0.29, 0.717) is 0 Å². The Morgan fingerprint density at radius 3 is 2.26 bits per heavy atom. The molecular formula is C12H24O5P2. The first-order chi connectivity index (χ1) is 8.68. The van der Waals surface area contributed by atoms with Gasteiger partial charge in [0.1, 0.15) is 13.2 Å². The molecule has 0 radical (unpaired) electrons. The summed E-state index contributed by atoms with van der Waals surface area (Å²) < 4.78 is 22.7. The fraction of sp³-hybridized carbons (Fsp3) is 0.667. The normalized spacial score (nSPS) is 16.0. The molecule has 19 heavy (non-hydrogen) atoms. The monoisotopic (exact) mass is 310 g/mol. The third-order valence-corrected chi connectivity index (χ3v) is 6.90. The second-order valence-corrected chi connectivity index (χ2v) is 9.07. The van der Waals surface area contributed by atoms with Gasteiger partial charge < -0.3 is 19.5 Å². The minimum atomic E-state index is -4.43. The van der Waals surface area contributed by atoms with Gasteiger partial charge in [-0.1, -0.05) is 23.3 Å². The van der Waals surface area contributed by atoms with Crippen LogP contribution >= 0.6 is 15.4 Å². The summed E-state index contributed by atoms with van der Waals surface area (Å²) in [6.07, 6.45) is 4.86. The van der Waals surface area contributed by atoms with Crippen LogP contribution in [0.15, 0.2) is 23.3 Å². The largest absolute Gasteiger partial charge is 0.389 e. The van der Waals surface area contributed by atoms with Crippen LogP contribution in [0.2, 0.25) is 0 Å².